The predicted octanol–water partition coefficient (Wildman–Crippen LogP) is 16.0. The molecule has 0 N–H and O–H groups in total. The molecule has 12 aromatic rings. The number of hydrogen-bond acceptors (Lipinski definition) is 8. The maximum atomic E-state index is 7.93. The van der Waals surface area contributed by atoms with Crippen LogP contribution < -0.4 is 75.2 Å². The Morgan fingerprint density at radius 3 is 0.978 bits per heavy atom. The zero-order chi connectivity index (χ0) is 61.9. The van der Waals surface area contributed by atoms with E-state index in [1.54, 1.807) is 0 Å². The minimum Gasteiger partial charge on any atom is -0.458 e. The van der Waals surface area contributed by atoms with E-state index in [9.17, 15) is 0 Å². The van der Waals surface area contributed by atoms with Crippen LogP contribution in [0.25, 0.3) is 33.4 Å². The van der Waals surface area contributed by atoms with Crippen LogP contribution in [0.4, 0.5) is 34.1 Å². The molecular formula is C80H63B3N2O4S2. The second-order valence-electron chi connectivity index (χ2n) is 26.5. The van der Waals surface area contributed by atoms with Gasteiger partial charge in [0.05, 0.1) is 22.7 Å². The van der Waals surface area contributed by atoms with Gasteiger partial charge in [0, 0.05) is 41.4 Å². The Morgan fingerprint density at radius 1 is 0.286 bits per heavy atom. The Hall–Kier alpha value is -9.41. The van der Waals surface area contributed by atoms with E-state index < -0.39 is 0 Å². The largest absolute Gasteiger partial charge is 0.458 e. The molecule has 438 valence electrons. The Bertz CT molecular complexity index is 4890. The van der Waals surface area contributed by atoms with Gasteiger partial charge in [0.15, 0.2) is 11.5 Å². The van der Waals surface area contributed by atoms with Gasteiger partial charge in [-0.25, -0.2) is 0 Å². The number of rotatable bonds is 5. The maximum absolute atomic E-state index is 7.93. The molecule has 0 saturated heterocycles. The number of anilines is 6. The minimum absolute atomic E-state index is 0.175. The van der Waals surface area contributed by atoms with Crippen molar-refractivity contribution in [1.29, 1.82) is 0 Å². The molecule has 0 bridgehead atoms. The highest BCUT2D eigenvalue weighted by atomic mass is 32.1. The number of ether oxygens (including phenoxy) is 4. The first-order chi connectivity index (χ1) is 44.1. The van der Waals surface area contributed by atoms with E-state index in [0.717, 1.165) is 119 Å². The Labute approximate surface area is 541 Å². The highest BCUT2D eigenvalue weighted by Gasteiger charge is 2.55. The van der Waals surface area contributed by atoms with Gasteiger partial charge in [-0.3, -0.25) is 0 Å². The summed E-state index contributed by atoms with van der Waals surface area (Å²) in [6, 6.07) is 60.8. The second-order valence-corrected chi connectivity index (χ2v) is 28.6. The Kier molecular flexibility index (Phi) is 11.7. The van der Waals surface area contributed by atoms with Gasteiger partial charge in [0.1, 0.15) is 34.5 Å². The van der Waals surface area contributed by atoms with E-state index >= 15 is 0 Å². The normalized spacial score (nSPS) is 13.7. The smallest absolute Gasteiger partial charge is 0.277 e. The third kappa shape index (κ3) is 7.68. The molecule has 91 heavy (non-hydrogen) atoms. The summed E-state index contributed by atoms with van der Waals surface area (Å²) in [6.45, 7) is 26.4. The van der Waals surface area contributed by atoms with E-state index in [2.05, 4.69) is 257 Å². The summed E-state index contributed by atoms with van der Waals surface area (Å²) in [5.74, 6) is 6.84. The van der Waals surface area contributed by atoms with Crippen molar-refractivity contribution in [1.82, 2.24) is 0 Å². The molecule has 0 saturated carbocycles. The minimum atomic E-state index is -0.254. The molecule has 6 nitrogen and oxygen atoms in total. The zero-order valence-corrected chi connectivity index (χ0v) is 54.8. The molecule has 2 aromatic heterocycles. The van der Waals surface area contributed by atoms with Crippen molar-refractivity contribution in [3.8, 4) is 79.4 Å². The van der Waals surface area contributed by atoms with E-state index in [4.69, 9.17) is 18.9 Å². The SMILES string of the molecule is Cc1cc(C)c(N2c3cc(-c4c(C)cccc4C)cc4c3B(c3sc5c(c32)Oc2cc(-c3c(C)cccc3C)cc3c2B5c2ccccc2O3)c2sc3c(c2N4c2c(C)cc(C)cc2C)Oc2cc(-c4c(C)cccc4C)cc4c2B3c2ccccc2O4)c(C)c1. The molecule has 0 aliphatic carbocycles. The summed E-state index contributed by atoms with van der Waals surface area (Å²) in [4.78, 5) is 5.28. The third-order valence-electron chi connectivity index (χ3n) is 20.3. The molecule has 6 aliphatic rings. The summed E-state index contributed by atoms with van der Waals surface area (Å²) in [5.41, 5.74) is 33.9. The molecule has 0 atom stereocenters. The summed E-state index contributed by atoms with van der Waals surface area (Å²) in [6.07, 6.45) is 0. The zero-order valence-electron chi connectivity index (χ0n) is 53.2. The first kappa shape index (κ1) is 54.5. The summed E-state index contributed by atoms with van der Waals surface area (Å²) in [7, 11) is 0. The van der Waals surface area contributed by atoms with Crippen LogP contribution in [0.15, 0.2) is 164 Å². The van der Waals surface area contributed by atoms with Gasteiger partial charge in [-0.15, -0.1) is 0 Å². The molecule has 10 aromatic carbocycles. The van der Waals surface area contributed by atoms with Gasteiger partial charge < -0.3 is 28.7 Å². The molecule has 0 amide bonds. The molecule has 8 heterocycles. The van der Waals surface area contributed by atoms with Gasteiger partial charge in [-0.1, -0.05) is 126 Å². The number of aryl methyl sites for hydroxylation is 12. The molecular weight excluding hydrogens is 1150 g/mol. The average molecular weight is 1210 g/mol. The summed E-state index contributed by atoms with van der Waals surface area (Å²) >= 11 is 3.84. The fraction of sp³-hybridized carbons (Fsp3) is 0.150. The number of fused-ring (bicyclic) bond motifs is 14. The highest BCUT2D eigenvalue weighted by Crippen LogP contribution is 2.56. The van der Waals surface area contributed by atoms with Crippen LogP contribution in [0.2, 0.25) is 0 Å². The van der Waals surface area contributed by atoms with E-state index in [1.807, 2.05) is 22.7 Å². The average Bonchev–Trinajstić information content (AvgIpc) is 1.58. The molecule has 0 radical (unpaired) electrons. The van der Waals surface area contributed by atoms with Crippen molar-refractivity contribution in [2.24, 2.45) is 0 Å². The van der Waals surface area contributed by atoms with Gasteiger partial charge in [-0.2, -0.15) is 22.7 Å². The molecule has 0 spiro atoms. The Balaban J connectivity index is 0.990. The second kappa shape index (κ2) is 19.6. The lowest BCUT2D eigenvalue weighted by molar-refractivity contribution is 0.466. The molecule has 18 rings (SSSR count). The van der Waals surface area contributed by atoms with Crippen LogP contribution in [-0.4, -0.2) is 20.1 Å². The topological polar surface area (TPSA) is 43.4 Å². The lowest BCUT2D eigenvalue weighted by Gasteiger charge is -2.44. The number of benzene rings is 10. The quantitative estimate of drug-likeness (QED) is 0.160. The van der Waals surface area contributed by atoms with Crippen LogP contribution in [-0.2, 0) is 0 Å². The monoisotopic (exact) mass is 1210 g/mol. The van der Waals surface area contributed by atoms with Crippen molar-refractivity contribution in [3.05, 3.63) is 231 Å². The van der Waals surface area contributed by atoms with Crippen LogP contribution in [0.1, 0.15) is 66.8 Å². The third-order valence-corrected chi connectivity index (χ3v) is 22.9. The maximum Gasteiger partial charge on any atom is 0.277 e. The van der Waals surface area contributed by atoms with Crippen molar-refractivity contribution >= 4 is 123 Å². The van der Waals surface area contributed by atoms with E-state index in [0.29, 0.717) is 0 Å². The number of hydrogen-bond donors (Lipinski definition) is 0. The van der Waals surface area contributed by atoms with Crippen molar-refractivity contribution in [2.75, 3.05) is 9.80 Å². The van der Waals surface area contributed by atoms with Gasteiger partial charge in [0.25, 0.3) is 20.1 Å². The van der Waals surface area contributed by atoms with Crippen LogP contribution in [0, 0.1) is 83.1 Å². The first-order valence-corrected chi connectivity index (χ1v) is 33.4. The predicted molar refractivity (Wildman–Crippen MR) is 385 cm³/mol. The van der Waals surface area contributed by atoms with Crippen molar-refractivity contribution in [2.45, 2.75) is 83.1 Å². The molecule has 6 aliphatic heterocycles. The fourth-order valence-electron chi connectivity index (χ4n) is 17.0. The van der Waals surface area contributed by atoms with Gasteiger partial charge in [0.2, 0.25) is 0 Å². The van der Waals surface area contributed by atoms with Crippen molar-refractivity contribution in [3.63, 3.8) is 0 Å². The lowest BCUT2D eigenvalue weighted by atomic mass is 9.37. The molecule has 0 unspecified atom stereocenters. The summed E-state index contributed by atoms with van der Waals surface area (Å²) in [5, 5.41) is 0. The number of para-hydroxylation sites is 2. The lowest BCUT2D eigenvalue weighted by Crippen LogP contribution is -2.60. The first-order valence-electron chi connectivity index (χ1n) is 31.8. The summed E-state index contributed by atoms with van der Waals surface area (Å²) < 4.78 is 34.9. The van der Waals surface area contributed by atoms with Crippen LogP contribution in [0.5, 0.6) is 46.0 Å². The Morgan fingerprint density at radius 2 is 0.615 bits per heavy atom. The van der Waals surface area contributed by atoms with Crippen molar-refractivity contribution < 1.29 is 18.9 Å². The highest BCUT2D eigenvalue weighted by molar-refractivity contribution is 7.44. The fourth-order valence-corrected chi connectivity index (χ4v) is 20.0. The van der Waals surface area contributed by atoms with Crippen LogP contribution in [0.3, 0.4) is 0 Å². The molecule has 11 heteroatoms. The van der Waals surface area contributed by atoms with E-state index in [-0.39, 0.29) is 20.1 Å². The number of thiophene rings is 2. The number of nitrogens with zero attached hydrogens (tertiary/aromatic N) is 2. The van der Waals surface area contributed by atoms with Crippen LogP contribution >= 0.6 is 22.7 Å². The molecule has 0 fully saturated rings. The standard InChI is InChI=1S/C80H63B3N2O4S2/c1-40-30-48(9)71(49(10)31-40)84-57-34-52(65-42(3)20-17-21-43(65)4)35-58-68(57)83(77-73(84)75-79(90-77)81-55-26-13-15-28-59(55)86-61-36-53(38-63(88-75)69(61)81)66-44(5)22-18-23-45(66)6)78-74(85(58)72-50(11)32-41(2)33-51(72)12)76-80(91-78)82-56-27-14-16-29-60(56)87-62-37-54(39-64(89-76)70(62)82)67-46(7)24-19-25-47(67)8/h13-39H,1-12H3. The van der Waals surface area contributed by atoms with Gasteiger partial charge in [-0.05, 0) is 237 Å². The van der Waals surface area contributed by atoms with E-state index in [1.165, 1.54) is 108 Å². The van der Waals surface area contributed by atoms with Gasteiger partial charge >= 0.3 is 0 Å².